The van der Waals surface area contributed by atoms with Gasteiger partial charge in [0, 0.05) is 5.75 Å². The zero-order valence-electron chi connectivity index (χ0n) is 16.8. The van der Waals surface area contributed by atoms with Gasteiger partial charge in [-0.3, -0.25) is 9.59 Å². The van der Waals surface area contributed by atoms with Crippen LogP contribution in [0.25, 0.3) is 0 Å². The van der Waals surface area contributed by atoms with Crippen LogP contribution in [0, 0.1) is 0 Å². The predicted molar refractivity (Wildman–Crippen MR) is 121 cm³/mol. The van der Waals surface area contributed by atoms with Gasteiger partial charge in [-0.1, -0.05) is 72.4 Å². The van der Waals surface area contributed by atoms with E-state index in [0.717, 1.165) is 18.4 Å². The summed E-state index contributed by atoms with van der Waals surface area (Å²) in [5.41, 5.74) is 14.0. The van der Waals surface area contributed by atoms with Crippen molar-refractivity contribution in [1.82, 2.24) is 5.32 Å². The highest BCUT2D eigenvalue weighted by atomic mass is 32.2. The fourth-order valence-electron chi connectivity index (χ4n) is 2.96. The van der Waals surface area contributed by atoms with Crippen LogP contribution in [0.1, 0.15) is 30.4 Å². The Bertz CT molecular complexity index is 740. The first-order valence-corrected chi connectivity index (χ1v) is 11.1. The SMILES string of the molecule is NCCC[C@H](NC(=O)[C@@H](N)CCc1ccccc1)C(=O)SCCc1ccccc1. The zero-order valence-corrected chi connectivity index (χ0v) is 17.6. The number of amides is 1. The summed E-state index contributed by atoms with van der Waals surface area (Å²) in [5.74, 6) is 0.401. The predicted octanol–water partition coefficient (Wildman–Crippen LogP) is 2.67. The molecule has 1 amide bonds. The van der Waals surface area contributed by atoms with E-state index >= 15 is 0 Å². The second-order valence-electron chi connectivity index (χ2n) is 7.03. The summed E-state index contributed by atoms with van der Waals surface area (Å²) in [7, 11) is 0. The Hall–Kier alpha value is -2.15. The summed E-state index contributed by atoms with van der Waals surface area (Å²) < 4.78 is 0. The molecule has 2 rings (SSSR count). The van der Waals surface area contributed by atoms with E-state index in [0.29, 0.717) is 31.6 Å². The van der Waals surface area contributed by atoms with Crippen LogP contribution in [0.4, 0.5) is 0 Å². The van der Waals surface area contributed by atoms with E-state index in [-0.39, 0.29) is 11.0 Å². The molecule has 156 valence electrons. The van der Waals surface area contributed by atoms with Crippen LogP contribution >= 0.6 is 11.8 Å². The van der Waals surface area contributed by atoms with Crippen LogP contribution in [-0.2, 0) is 22.4 Å². The van der Waals surface area contributed by atoms with Crippen molar-refractivity contribution in [3.8, 4) is 0 Å². The van der Waals surface area contributed by atoms with Gasteiger partial charge in [0.2, 0.25) is 11.0 Å². The van der Waals surface area contributed by atoms with E-state index in [2.05, 4.69) is 5.32 Å². The maximum atomic E-state index is 12.6. The zero-order chi connectivity index (χ0) is 20.9. The standard InChI is InChI=1S/C23H31N3O2S/c24-16-7-12-21(23(28)29-17-15-19-10-5-2-6-11-19)26-22(27)20(25)14-13-18-8-3-1-4-9-18/h1-6,8-11,20-21H,7,12-17,24-25H2,(H,26,27)/t20-,21-/m0/s1. The number of hydrogen-bond acceptors (Lipinski definition) is 5. The first kappa shape index (κ1) is 23.1. The molecule has 2 atom stereocenters. The van der Waals surface area contributed by atoms with Gasteiger partial charge in [0.15, 0.2) is 0 Å². The average Bonchev–Trinajstić information content (AvgIpc) is 2.76. The molecular weight excluding hydrogens is 382 g/mol. The molecule has 0 bridgehead atoms. The molecule has 0 radical (unpaired) electrons. The first-order chi connectivity index (χ1) is 14.1. The molecule has 29 heavy (non-hydrogen) atoms. The number of nitrogens with one attached hydrogen (secondary N) is 1. The van der Waals surface area contributed by atoms with Gasteiger partial charge >= 0.3 is 0 Å². The molecule has 0 heterocycles. The summed E-state index contributed by atoms with van der Waals surface area (Å²) in [6.45, 7) is 0.481. The monoisotopic (exact) mass is 413 g/mol. The lowest BCUT2D eigenvalue weighted by molar-refractivity contribution is -0.126. The summed E-state index contributed by atoms with van der Waals surface area (Å²) in [5, 5.41) is 2.82. The van der Waals surface area contributed by atoms with Gasteiger partial charge < -0.3 is 16.8 Å². The number of benzene rings is 2. The van der Waals surface area contributed by atoms with Crippen molar-refractivity contribution >= 4 is 22.8 Å². The lowest BCUT2D eigenvalue weighted by Crippen LogP contribution is -2.48. The van der Waals surface area contributed by atoms with E-state index in [9.17, 15) is 9.59 Å². The average molecular weight is 414 g/mol. The van der Waals surface area contributed by atoms with Crippen LogP contribution < -0.4 is 16.8 Å². The van der Waals surface area contributed by atoms with E-state index in [1.165, 1.54) is 17.3 Å². The quantitative estimate of drug-likeness (QED) is 0.497. The third-order valence-electron chi connectivity index (χ3n) is 4.70. The normalized spacial score (nSPS) is 12.9. The van der Waals surface area contributed by atoms with Crippen molar-refractivity contribution in [2.75, 3.05) is 12.3 Å². The summed E-state index contributed by atoms with van der Waals surface area (Å²) in [6, 6.07) is 18.8. The van der Waals surface area contributed by atoms with Gasteiger partial charge in [0.05, 0.1) is 12.1 Å². The Morgan fingerprint density at radius 3 is 2.07 bits per heavy atom. The second kappa shape index (κ2) is 13.1. The van der Waals surface area contributed by atoms with Crippen LogP contribution in [0.5, 0.6) is 0 Å². The van der Waals surface area contributed by atoms with E-state index in [4.69, 9.17) is 11.5 Å². The number of carbonyl (C=O) groups excluding carboxylic acids is 2. The molecule has 5 N–H and O–H groups in total. The Kier molecular flexibility index (Phi) is 10.5. The van der Waals surface area contributed by atoms with Gasteiger partial charge in [-0.15, -0.1) is 0 Å². The Morgan fingerprint density at radius 1 is 0.897 bits per heavy atom. The van der Waals surface area contributed by atoms with Gasteiger partial charge in [-0.2, -0.15) is 0 Å². The number of nitrogens with two attached hydrogens (primary N) is 2. The lowest BCUT2D eigenvalue weighted by atomic mass is 10.0. The topological polar surface area (TPSA) is 98.2 Å². The van der Waals surface area contributed by atoms with E-state index in [1.807, 2.05) is 60.7 Å². The largest absolute Gasteiger partial charge is 0.344 e. The van der Waals surface area contributed by atoms with Crippen molar-refractivity contribution in [2.45, 2.75) is 44.2 Å². The molecule has 0 aliphatic heterocycles. The number of thioether (sulfide) groups is 1. The molecule has 2 aromatic carbocycles. The van der Waals surface area contributed by atoms with Crippen LogP contribution in [0.15, 0.2) is 60.7 Å². The van der Waals surface area contributed by atoms with Crippen molar-refractivity contribution in [2.24, 2.45) is 11.5 Å². The van der Waals surface area contributed by atoms with Crippen LogP contribution in [0.3, 0.4) is 0 Å². The fourth-order valence-corrected chi connectivity index (χ4v) is 3.88. The maximum absolute atomic E-state index is 12.6. The molecular formula is C23H31N3O2S. The van der Waals surface area contributed by atoms with E-state index < -0.39 is 12.1 Å². The van der Waals surface area contributed by atoms with Gasteiger partial charge in [-0.05, 0) is 49.8 Å². The molecule has 0 unspecified atom stereocenters. The third-order valence-corrected chi connectivity index (χ3v) is 5.68. The highest BCUT2D eigenvalue weighted by molar-refractivity contribution is 8.13. The van der Waals surface area contributed by atoms with Crippen molar-refractivity contribution < 1.29 is 9.59 Å². The van der Waals surface area contributed by atoms with Gasteiger partial charge in [0.25, 0.3) is 0 Å². The first-order valence-electron chi connectivity index (χ1n) is 10.1. The molecule has 0 aromatic heterocycles. The minimum atomic E-state index is -0.641. The Balaban J connectivity index is 1.81. The molecule has 0 fully saturated rings. The highest BCUT2D eigenvalue weighted by Crippen LogP contribution is 2.13. The van der Waals surface area contributed by atoms with E-state index in [1.54, 1.807) is 0 Å². The van der Waals surface area contributed by atoms with Crippen molar-refractivity contribution in [3.05, 3.63) is 71.8 Å². The van der Waals surface area contributed by atoms with Crippen molar-refractivity contribution in [1.29, 1.82) is 0 Å². The van der Waals surface area contributed by atoms with Crippen molar-refractivity contribution in [3.63, 3.8) is 0 Å². The minimum absolute atomic E-state index is 0.0296. The van der Waals surface area contributed by atoms with Crippen LogP contribution in [0.2, 0.25) is 0 Å². The smallest absolute Gasteiger partial charge is 0.237 e. The molecule has 0 saturated carbocycles. The molecule has 0 aliphatic carbocycles. The number of aryl methyl sites for hydroxylation is 2. The Labute approximate surface area is 177 Å². The highest BCUT2D eigenvalue weighted by Gasteiger charge is 2.23. The maximum Gasteiger partial charge on any atom is 0.237 e. The van der Waals surface area contributed by atoms with Crippen LogP contribution in [-0.4, -0.2) is 35.4 Å². The number of rotatable bonds is 12. The van der Waals surface area contributed by atoms with Gasteiger partial charge in [0.1, 0.15) is 0 Å². The molecule has 6 heteroatoms. The second-order valence-corrected chi connectivity index (χ2v) is 8.13. The minimum Gasteiger partial charge on any atom is -0.344 e. The molecule has 5 nitrogen and oxygen atoms in total. The summed E-state index contributed by atoms with van der Waals surface area (Å²) in [6.07, 6.45) is 3.28. The molecule has 2 aromatic rings. The number of hydrogen-bond donors (Lipinski definition) is 3. The molecule has 0 aliphatic rings. The third kappa shape index (κ3) is 8.81. The fraction of sp³-hybridized carbons (Fsp3) is 0.391. The van der Waals surface area contributed by atoms with Gasteiger partial charge in [-0.25, -0.2) is 0 Å². The summed E-state index contributed by atoms with van der Waals surface area (Å²) in [4.78, 5) is 25.2. The lowest BCUT2D eigenvalue weighted by Gasteiger charge is -2.20. The molecule has 0 spiro atoms. The summed E-state index contributed by atoms with van der Waals surface area (Å²) >= 11 is 1.26. The Morgan fingerprint density at radius 2 is 1.48 bits per heavy atom. The molecule has 0 saturated heterocycles. The number of carbonyl (C=O) groups is 2.